The maximum Gasteiger partial charge on any atom is 0.405 e. The zero-order valence-electron chi connectivity index (χ0n) is 13.6. The molecule has 122 valence electrons. The number of anilines is 1. The molecule has 6 heteroatoms. The van der Waals surface area contributed by atoms with Crippen molar-refractivity contribution in [1.82, 2.24) is 4.90 Å². The lowest BCUT2D eigenvalue weighted by molar-refractivity contribution is -0.115. The number of primary amides is 1. The summed E-state index contributed by atoms with van der Waals surface area (Å²) in [6.45, 7) is 3.48. The topological polar surface area (TPSA) is 98.7 Å². The summed E-state index contributed by atoms with van der Waals surface area (Å²) in [5.41, 5.74) is 11.6. The Balaban J connectivity index is 3.03. The molecule has 0 saturated carbocycles. The van der Waals surface area contributed by atoms with Crippen molar-refractivity contribution in [3.05, 3.63) is 29.8 Å². The molecule has 1 aromatic carbocycles. The van der Waals surface area contributed by atoms with Crippen LogP contribution in [0, 0.1) is 5.92 Å². The molecule has 22 heavy (non-hydrogen) atoms. The minimum Gasteiger partial charge on any atom is -0.444 e. The summed E-state index contributed by atoms with van der Waals surface area (Å²) >= 11 is 0. The minimum absolute atomic E-state index is 0.145. The SMILES string of the molecule is CN(C)C(c1ccc(N)cc1)C(C=O)CC(C)(C)OC(N)=O. The highest BCUT2D eigenvalue weighted by Crippen LogP contribution is 2.33. The standard InChI is InChI=1S/C16H25N3O3/c1-16(2,22-15(18)21)9-12(10-20)14(19(3)4)11-5-7-13(17)8-6-11/h5-8,10,12,14H,9,17H2,1-4H3,(H2,18,21). The van der Waals surface area contributed by atoms with Crippen LogP contribution in [0.1, 0.15) is 31.9 Å². The molecule has 0 heterocycles. The number of nitrogen functional groups attached to an aromatic ring is 1. The highest BCUT2D eigenvalue weighted by molar-refractivity contribution is 5.65. The molecule has 0 fully saturated rings. The number of ether oxygens (including phenoxy) is 1. The predicted molar refractivity (Wildman–Crippen MR) is 86.2 cm³/mol. The molecule has 2 unspecified atom stereocenters. The summed E-state index contributed by atoms with van der Waals surface area (Å²) in [5, 5.41) is 0. The second kappa shape index (κ2) is 7.26. The van der Waals surface area contributed by atoms with Gasteiger partial charge in [0.1, 0.15) is 11.9 Å². The molecule has 0 saturated heterocycles. The van der Waals surface area contributed by atoms with E-state index in [0.717, 1.165) is 11.8 Å². The number of benzene rings is 1. The Morgan fingerprint density at radius 2 is 1.86 bits per heavy atom. The zero-order chi connectivity index (χ0) is 16.9. The van der Waals surface area contributed by atoms with E-state index in [4.69, 9.17) is 16.2 Å². The average Bonchev–Trinajstić information content (AvgIpc) is 2.38. The van der Waals surface area contributed by atoms with E-state index >= 15 is 0 Å². The zero-order valence-corrected chi connectivity index (χ0v) is 13.6. The van der Waals surface area contributed by atoms with E-state index in [1.54, 1.807) is 26.0 Å². The Bertz CT molecular complexity index is 512. The fraction of sp³-hybridized carbons (Fsp3) is 0.500. The van der Waals surface area contributed by atoms with Crippen molar-refractivity contribution in [1.29, 1.82) is 0 Å². The van der Waals surface area contributed by atoms with Crippen LogP contribution in [0.15, 0.2) is 24.3 Å². The van der Waals surface area contributed by atoms with E-state index in [9.17, 15) is 9.59 Å². The van der Waals surface area contributed by atoms with Crippen LogP contribution in [0.25, 0.3) is 0 Å². The number of hydrogen-bond acceptors (Lipinski definition) is 5. The monoisotopic (exact) mass is 307 g/mol. The van der Waals surface area contributed by atoms with Gasteiger partial charge < -0.3 is 25.9 Å². The highest BCUT2D eigenvalue weighted by atomic mass is 16.6. The van der Waals surface area contributed by atoms with Crippen LogP contribution in [-0.2, 0) is 9.53 Å². The van der Waals surface area contributed by atoms with Crippen LogP contribution < -0.4 is 11.5 Å². The Morgan fingerprint density at radius 3 is 2.27 bits per heavy atom. The van der Waals surface area contributed by atoms with Gasteiger partial charge in [-0.05, 0) is 52.1 Å². The second-order valence-electron chi connectivity index (χ2n) is 6.26. The maximum atomic E-state index is 11.6. The van der Waals surface area contributed by atoms with Gasteiger partial charge in [-0.3, -0.25) is 0 Å². The quantitative estimate of drug-likeness (QED) is 0.592. The third-order valence-corrected chi connectivity index (χ3v) is 3.52. The third-order valence-electron chi connectivity index (χ3n) is 3.52. The van der Waals surface area contributed by atoms with E-state index in [0.29, 0.717) is 12.1 Å². The predicted octanol–water partition coefficient (Wildman–Crippen LogP) is 1.95. The molecule has 1 aromatic rings. The molecule has 4 N–H and O–H groups in total. The van der Waals surface area contributed by atoms with E-state index in [-0.39, 0.29) is 12.0 Å². The summed E-state index contributed by atoms with van der Waals surface area (Å²) in [5.74, 6) is -0.354. The molecular weight excluding hydrogens is 282 g/mol. The molecule has 1 amide bonds. The minimum atomic E-state index is -0.844. The first-order valence-electron chi connectivity index (χ1n) is 7.12. The van der Waals surface area contributed by atoms with E-state index in [2.05, 4.69) is 0 Å². The molecular formula is C16H25N3O3. The first-order chi connectivity index (χ1) is 10.2. The molecule has 0 aliphatic heterocycles. The van der Waals surface area contributed by atoms with Crippen LogP contribution in [-0.4, -0.2) is 37.0 Å². The van der Waals surface area contributed by atoms with Gasteiger partial charge in [-0.25, -0.2) is 4.79 Å². The van der Waals surface area contributed by atoms with Gasteiger partial charge in [0, 0.05) is 17.6 Å². The van der Waals surface area contributed by atoms with Crippen molar-refractivity contribution < 1.29 is 14.3 Å². The smallest absolute Gasteiger partial charge is 0.405 e. The molecule has 0 bridgehead atoms. The number of nitrogens with zero attached hydrogens (tertiary/aromatic N) is 1. The number of aldehydes is 1. The van der Waals surface area contributed by atoms with Gasteiger partial charge in [0.2, 0.25) is 0 Å². The lowest BCUT2D eigenvalue weighted by atomic mass is 9.84. The van der Waals surface area contributed by atoms with Gasteiger partial charge >= 0.3 is 6.09 Å². The number of amides is 1. The first-order valence-corrected chi connectivity index (χ1v) is 7.12. The van der Waals surface area contributed by atoms with Gasteiger partial charge in [-0.15, -0.1) is 0 Å². The second-order valence-corrected chi connectivity index (χ2v) is 6.26. The first kappa shape index (κ1) is 18.0. The van der Waals surface area contributed by atoms with E-state index < -0.39 is 11.7 Å². The van der Waals surface area contributed by atoms with Crippen molar-refractivity contribution in [3.8, 4) is 0 Å². The lowest BCUT2D eigenvalue weighted by Gasteiger charge is -2.34. The average molecular weight is 307 g/mol. The highest BCUT2D eigenvalue weighted by Gasteiger charge is 2.33. The van der Waals surface area contributed by atoms with Crippen LogP contribution in [0.3, 0.4) is 0 Å². The van der Waals surface area contributed by atoms with Crippen LogP contribution in [0.4, 0.5) is 10.5 Å². The molecule has 0 radical (unpaired) electrons. The van der Waals surface area contributed by atoms with Crippen LogP contribution in [0.2, 0.25) is 0 Å². The Labute approximate surface area is 131 Å². The van der Waals surface area contributed by atoms with Gasteiger partial charge in [0.25, 0.3) is 0 Å². The number of carbonyl (C=O) groups excluding carboxylic acids is 2. The Kier molecular flexibility index (Phi) is 5.93. The van der Waals surface area contributed by atoms with Gasteiger partial charge in [-0.2, -0.15) is 0 Å². The van der Waals surface area contributed by atoms with Crippen molar-refractivity contribution in [2.24, 2.45) is 11.7 Å². The summed E-state index contributed by atoms with van der Waals surface area (Å²) in [6, 6.07) is 7.27. The summed E-state index contributed by atoms with van der Waals surface area (Å²) in [6.07, 6.45) is 0.420. The molecule has 2 atom stereocenters. The van der Waals surface area contributed by atoms with Crippen molar-refractivity contribution in [2.45, 2.75) is 31.9 Å². The number of nitrogens with two attached hydrogens (primary N) is 2. The van der Waals surface area contributed by atoms with Crippen molar-refractivity contribution in [3.63, 3.8) is 0 Å². The lowest BCUT2D eigenvalue weighted by Crippen LogP contribution is -2.37. The molecule has 0 aliphatic carbocycles. The Morgan fingerprint density at radius 1 is 1.32 bits per heavy atom. The molecule has 1 rings (SSSR count). The van der Waals surface area contributed by atoms with Crippen molar-refractivity contribution >= 4 is 18.1 Å². The van der Waals surface area contributed by atoms with Crippen LogP contribution in [0.5, 0.6) is 0 Å². The largest absolute Gasteiger partial charge is 0.444 e. The molecule has 0 aromatic heterocycles. The van der Waals surface area contributed by atoms with E-state index in [1.165, 1.54) is 0 Å². The molecule has 0 aliphatic rings. The van der Waals surface area contributed by atoms with Crippen molar-refractivity contribution in [2.75, 3.05) is 19.8 Å². The van der Waals surface area contributed by atoms with Crippen LogP contribution >= 0.6 is 0 Å². The molecule has 6 nitrogen and oxygen atoms in total. The maximum absolute atomic E-state index is 11.6. The third kappa shape index (κ3) is 5.04. The number of rotatable bonds is 7. The van der Waals surface area contributed by atoms with Gasteiger partial charge in [-0.1, -0.05) is 12.1 Å². The number of carbonyl (C=O) groups is 2. The summed E-state index contributed by atoms with van der Waals surface area (Å²) < 4.78 is 5.10. The fourth-order valence-electron chi connectivity index (χ4n) is 2.74. The van der Waals surface area contributed by atoms with E-state index in [1.807, 2.05) is 31.1 Å². The van der Waals surface area contributed by atoms with Gasteiger partial charge in [0.15, 0.2) is 0 Å². The normalized spacial score (nSPS) is 14.4. The summed E-state index contributed by atoms with van der Waals surface area (Å²) in [7, 11) is 3.80. The summed E-state index contributed by atoms with van der Waals surface area (Å²) in [4.78, 5) is 24.6. The molecule has 0 spiro atoms. The fourth-order valence-corrected chi connectivity index (χ4v) is 2.74. The van der Waals surface area contributed by atoms with Gasteiger partial charge in [0.05, 0.1) is 0 Å². The number of hydrogen-bond donors (Lipinski definition) is 2. The Hall–Kier alpha value is -2.08.